The van der Waals surface area contributed by atoms with Gasteiger partial charge in [0.05, 0.1) is 27.8 Å². The number of aromatic nitrogens is 5. The van der Waals surface area contributed by atoms with Gasteiger partial charge in [0.2, 0.25) is 0 Å². The second-order valence-corrected chi connectivity index (χ2v) is 16.0. The van der Waals surface area contributed by atoms with E-state index >= 15 is 0 Å². The molecule has 5 heteroatoms. The Morgan fingerprint density at radius 1 is 0.290 bits per heavy atom. The normalized spacial score (nSPS) is 11.9. The molecule has 62 heavy (non-hydrogen) atoms. The Kier molecular flexibility index (Phi) is 7.54. The summed E-state index contributed by atoms with van der Waals surface area (Å²) in [5.74, 6) is 1.91. The Balaban J connectivity index is 1.08. The maximum Gasteiger partial charge on any atom is 0.164 e. The molecule has 5 nitrogen and oxygen atoms in total. The van der Waals surface area contributed by atoms with Crippen LogP contribution in [0.25, 0.3) is 121 Å². The fourth-order valence-corrected chi connectivity index (χ4v) is 9.79. The monoisotopic (exact) mass is 789 g/mol. The highest BCUT2D eigenvalue weighted by Gasteiger charge is 2.23. The standard InChI is InChI=1S/C57H35N5/c1-3-17-38(18-4-1)55-58-56(40-28-27-36-15-7-8-19-39(36)35-40)60-57(59-55)45-30-32-48(44-24-12-11-23-43(44)45)62-47-26-14-13-25-46(47)53-50(62)33-34-51-54(53)52-42-22-10-9-16-37(42)29-31-49(52)61(51)41-20-5-2-6-21-41/h1-35H. The second-order valence-electron chi connectivity index (χ2n) is 16.0. The summed E-state index contributed by atoms with van der Waals surface area (Å²) in [6, 6.07) is 75.7. The first-order chi connectivity index (χ1) is 30.8. The van der Waals surface area contributed by atoms with E-state index < -0.39 is 0 Å². The molecule has 3 aromatic heterocycles. The van der Waals surface area contributed by atoms with Crippen LogP contribution < -0.4 is 0 Å². The Morgan fingerprint density at radius 2 is 0.839 bits per heavy atom. The molecule has 0 N–H and O–H groups in total. The Morgan fingerprint density at radius 3 is 1.65 bits per heavy atom. The first-order valence-corrected chi connectivity index (χ1v) is 21.0. The van der Waals surface area contributed by atoms with Crippen LogP contribution in [0.4, 0.5) is 0 Å². The number of fused-ring (bicyclic) bond motifs is 11. The molecular formula is C57H35N5. The van der Waals surface area contributed by atoms with E-state index in [9.17, 15) is 0 Å². The highest BCUT2D eigenvalue weighted by molar-refractivity contribution is 6.33. The minimum Gasteiger partial charge on any atom is -0.309 e. The van der Waals surface area contributed by atoms with Gasteiger partial charge in [-0.05, 0) is 81.5 Å². The summed E-state index contributed by atoms with van der Waals surface area (Å²) in [5, 5.41) is 12.0. The molecule has 0 aliphatic rings. The van der Waals surface area contributed by atoms with Gasteiger partial charge in [-0.3, -0.25) is 0 Å². The molecule has 0 saturated heterocycles. The Labute approximate surface area is 356 Å². The topological polar surface area (TPSA) is 48.5 Å². The number of para-hydroxylation sites is 2. The minimum absolute atomic E-state index is 0.634. The van der Waals surface area contributed by atoms with Crippen LogP contribution in [0.1, 0.15) is 0 Å². The first kappa shape index (κ1) is 34.5. The highest BCUT2D eigenvalue weighted by Crippen LogP contribution is 2.45. The molecule has 10 aromatic carbocycles. The number of hydrogen-bond acceptors (Lipinski definition) is 3. The average molecular weight is 790 g/mol. The Hall–Kier alpha value is -8.41. The molecule has 13 aromatic rings. The van der Waals surface area contributed by atoms with Gasteiger partial charge in [0, 0.05) is 49.3 Å². The van der Waals surface area contributed by atoms with Gasteiger partial charge in [0.25, 0.3) is 0 Å². The first-order valence-electron chi connectivity index (χ1n) is 21.0. The van der Waals surface area contributed by atoms with Crippen molar-refractivity contribution in [2.75, 3.05) is 0 Å². The van der Waals surface area contributed by atoms with Crippen LogP contribution in [-0.4, -0.2) is 24.1 Å². The fraction of sp³-hybridized carbons (Fsp3) is 0. The largest absolute Gasteiger partial charge is 0.309 e. The van der Waals surface area contributed by atoms with Crippen LogP contribution in [0.5, 0.6) is 0 Å². The van der Waals surface area contributed by atoms with Gasteiger partial charge in [0.15, 0.2) is 17.5 Å². The summed E-state index contributed by atoms with van der Waals surface area (Å²) in [6.45, 7) is 0. The molecule has 13 rings (SSSR count). The lowest BCUT2D eigenvalue weighted by atomic mass is 10.0. The van der Waals surface area contributed by atoms with E-state index in [2.05, 4.69) is 203 Å². The fourth-order valence-electron chi connectivity index (χ4n) is 9.79. The van der Waals surface area contributed by atoms with Gasteiger partial charge in [-0.2, -0.15) is 0 Å². The van der Waals surface area contributed by atoms with Gasteiger partial charge in [-0.15, -0.1) is 0 Å². The third-order valence-corrected chi connectivity index (χ3v) is 12.5. The van der Waals surface area contributed by atoms with E-state index in [4.69, 9.17) is 15.0 Å². The molecular weight excluding hydrogens is 755 g/mol. The molecule has 0 bridgehead atoms. The molecule has 0 aliphatic carbocycles. The maximum atomic E-state index is 5.23. The van der Waals surface area contributed by atoms with E-state index in [1.807, 2.05) is 18.2 Å². The lowest BCUT2D eigenvalue weighted by Gasteiger charge is -2.15. The van der Waals surface area contributed by atoms with Gasteiger partial charge in [-0.25, -0.2) is 15.0 Å². The van der Waals surface area contributed by atoms with Crippen molar-refractivity contribution in [3.05, 3.63) is 212 Å². The van der Waals surface area contributed by atoms with Crippen LogP contribution in [0.2, 0.25) is 0 Å². The third kappa shape index (κ3) is 5.18. The molecule has 0 atom stereocenters. The molecule has 0 amide bonds. The summed E-state index contributed by atoms with van der Waals surface area (Å²) >= 11 is 0. The molecule has 0 unspecified atom stereocenters. The van der Waals surface area contributed by atoms with Crippen LogP contribution in [0.15, 0.2) is 212 Å². The smallest absolute Gasteiger partial charge is 0.164 e. The van der Waals surface area contributed by atoms with Gasteiger partial charge in [0.1, 0.15) is 0 Å². The van der Waals surface area contributed by atoms with E-state index in [-0.39, 0.29) is 0 Å². The summed E-state index contributed by atoms with van der Waals surface area (Å²) in [5.41, 5.74) is 9.76. The molecule has 3 heterocycles. The van der Waals surface area contributed by atoms with Crippen molar-refractivity contribution in [2.24, 2.45) is 0 Å². The summed E-state index contributed by atoms with van der Waals surface area (Å²) in [7, 11) is 0. The minimum atomic E-state index is 0.634. The van der Waals surface area contributed by atoms with E-state index in [0.29, 0.717) is 17.5 Å². The van der Waals surface area contributed by atoms with E-state index in [1.165, 1.54) is 48.7 Å². The molecule has 0 fully saturated rings. The SMILES string of the molecule is c1ccc(-c2nc(-c3ccc4ccccc4c3)nc(-c3ccc(-n4c5ccccc5c5c6c7c8ccccc8ccc7n(-c7ccccc7)c6ccc54)c4ccccc34)n2)cc1. The van der Waals surface area contributed by atoms with E-state index in [1.54, 1.807) is 0 Å². The van der Waals surface area contributed by atoms with Gasteiger partial charge >= 0.3 is 0 Å². The van der Waals surface area contributed by atoms with Gasteiger partial charge in [-0.1, -0.05) is 158 Å². The second kappa shape index (κ2) is 13.6. The number of benzene rings is 10. The van der Waals surface area contributed by atoms with Crippen molar-refractivity contribution in [1.82, 2.24) is 24.1 Å². The molecule has 0 aliphatic heterocycles. The lowest BCUT2D eigenvalue weighted by Crippen LogP contribution is -2.02. The van der Waals surface area contributed by atoms with Gasteiger partial charge < -0.3 is 9.13 Å². The lowest BCUT2D eigenvalue weighted by molar-refractivity contribution is 1.08. The van der Waals surface area contributed by atoms with Crippen molar-refractivity contribution >= 4 is 75.9 Å². The number of rotatable bonds is 5. The summed E-state index contributed by atoms with van der Waals surface area (Å²) in [4.78, 5) is 15.5. The number of nitrogens with zero attached hydrogens (tertiary/aromatic N) is 5. The van der Waals surface area contributed by atoms with Crippen molar-refractivity contribution in [3.8, 4) is 45.5 Å². The molecule has 288 valence electrons. The summed E-state index contributed by atoms with van der Waals surface area (Å²) < 4.78 is 4.88. The van der Waals surface area contributed by atoms with E-state index in [0.717, 1.165) is 55.3 Å². The predicted molar refractivity (Wildman–Crippen MR) is 257 cm³/mol. The third-order valence-electron chi connectivity index (χ3n) is 12.5. The van der Waals surface area contributed by atoms with Crippen molar-refractivity contribution < 1.29 is 0 Å². The zero-order valence-electron chi connectivity index (χ0n) is 33.4. The molecule has 0 spiro atoms. The zero-order valence-corrected chi connectivity index (χ0v) is 33.4. The number of hydrogen-bond donors (Lipinski definition) is 0. The van der Waals surface area contributed by atoms with Crippen molar-refractivity contribution in [3.63, 3.8) is 0 Å². The predicted octanol–water partition coefficient (Wildman–Crippen LogP) is 14.5. The average Bonchev–Trinajstić information content (AvgIpc) is 3.87. The maximum absolute atomic E-state index is 5.23. The zero-order chi connectivity index (χ0) is 40.7. The van der Waals surface area contributed by atoms with Crippen LogP contribution in [0.3, 0.4) is 0 Å². The van der Waals surface area contributed by atoms with Crippen molar-refractivity contribution in [2.45, 2.75) is 0 Å². The summed E-state index contributed by atoms with van der Waals surface area (Å²) in [6.07, 6.45) is 0. The molecule has 0 radical (unpaired) electrons. The van der Waals surface area contributed by atoms with Crippen LogP contribution in [-0.2, 0) is 0 Å². The van der Waals surface area contributed by atoms with Crippen LogP contribution in [0, 0.1) is 0 Å². The van der Waals surface area contributed by atoms with Crippen LogP contribution >= 0.6 is 0 Å². The molecule has 0 saturated carbocycles. The quantitative estimate of drug-likeness (QED) is 0.174. The Bertz CT molecular complexity index is 3920. The van der Waals surface area contributed by atoms with Crippen molar-refractivity contribution in [1.29, 1.82) is 0 Å². The highest BCUT2D eigenvalue weighted by atomic mass is 15.0.